The van der Waals surface area contributed by atoms with Crippen LogP contribution in [0.4, 0.5) is 8.78 Å². The Bertz CT molecular complexity index is 613. The van der Waals surface area contributed by atoms with Gasteiger partial charge in [-0.25, -0.2) is 8.78 Å². The monoisotopic (exact) mass is 295 g/mol. The van der Waals surface area contributed by atoms with E-state index in [1.165, 1.54) is 6.07 Å². The Morgan fingerprint density at radius 2 is 1.86 bits per heavy atom. The van der Waals surface area contributed by atoms with Gasteiger partial charge in [-0.2, -0.15) is 4.98 Å². The molecule has 0 aliphatic heterocycles. The summed E-state index contributed by atoms with van der Waals surface area (Å²) >= 11 is 0. The smallest absolute Gasteiger partial charge is 0.231 e. The molecule has 0 saturated carbocycles. The third-order valence-corrected chi connectivity index (χ3v) is 3.62. The lowest BCUT2D eigenvalue weighted by molar-refractivity contribution is 0.286. The van der Waals surface area contributed by atoms with Gasteiger partial charge in [0.05, 0.1) is 5.92 Å². The van der Waals surface area contributed by atoms with Gasteiger partial charge in [0.25, 0.3) is 0 Å². The zero-order chi connectivity index (χ0) is 15.6. The maximum absolute atomic E-state index is 13.3. The van der Waals surface area contributed by atoms with Crippen LogP contribution in [0.2, 0.25) is 0 Å². The van der Waals surface area contributed by atoms with E-state index in [1.54, 1.807) is 0 Å². The minimum Gasteiger partial charge on any atom is -0.339 e. The molecule has 0 aliphatic rings. The number of nitrogens with zero attached hydrogens (tertiary/aromatic N) is 2. The van der Waals surface area contributed by atoms with Crippen LogP contribution in [-0.2, 0) is 0 Å². The molecule has 2 unspecified atom stereocenters. The first-order valence-electron chi connectivity index (χ1n) is 6.90. The van der Waals surface area contributed by atoms with Crippen molar-refractivity contribution in [1.82, 2.24) is 15.5 Å². The maximum atomic E-state index is 13.3. The second-order valence-electron chi connectivity index (χ2n) is 5.43. The van der Waals surface area contributed by atoms with E-state index >= 15 is 0 Å². The molecule has 0 amide bonds. The summed E-state index contributed by atoms with van der Waals surface area (Å²) in [6, 6.07) is 3.70. The average Bonchev–Trinajstić information content (AvgIpc) is 2.90. The fourth-order valence-corrected chi connectivity index (χ4v) is 2.38. The Morgan fingerprint density at radius 3 is 2.43 bits per heavy atom. The number of rotatable bonds is 5. The van der Waals surface area contributed by atoms with Crippen molar-refractivity contribution >= 4 is 0 Å². The van der Waals surface area contributed by atoms with Gasteiger partial charge < -0.3 is 9.84 Å². The molecule has 1 heterocycles. The highest BCUT2D eigenvalue weighted by Crippen LogP contribution is 2.28. The summed E-state index contributed by atoms with van der Waals surface area (Å²) in [6.07, 6.45) is 0. The summed E-state index contributed by atoms with van der Waals surface area (Å²) in [5.41, 5.74) is 0.392. The third-order valence-electron chi connectivity index (χ3n) is 3.62. The molecule has 114 valence electrons. The zero-order valence-electron chi connectivity index (χ0n) is 12.5. The summed E-state index contributed by atoms with van der Waals surface area (Å²) < 4.78 is 31.5. The molecule has 0 bridgehead atoms. The Balaban J connectivity index is 2.33. The zero-order valence-corrected chi connectivity index (χ0v) is 12.5. The van der Waals surface area contributed by atoms with Crippen LogP contribution in [0.5, 0.6) is 0 Å². The lowest BCUT2D eigenvalue weighted by Crippen LogP contribution is -2.32. The fourth-order valence-electron chi connectivity index (χ4n) is 2.38. The van der Waals surface area contributed by atoms with E-state index in [0.29, 0.717) is 17.4 Å². The van der Waals surface area contributed by atoms with Crippen molar-refractivity contribution in [2.24, 2.45) is 5.92 Å². The van der Waals surface area contributed by atoms with Crippen molar-refractivity contribution in [3.63, 3.8) is 0 Å². The first-order valence-corrected chi connectivity index (χ1v) is 6.90. The van der Waals surface area contributed by atoms with Crippen molar-refractivity contribution in [2.45, 2.75) is 32.7 Å². The van der Waals surface area contributed by atoms with Crippen LogP contribution >= 0.6 is 0 Å². The number of benzene rings is 1. The van der Waals surface area contributed by atoms with Crippen LogP contribution in [0.3, 0.4) is 0 Å². The summed E-state index contributed by atoms with van der Waals surface area (Å²) in [6.45, 7) is 6.17. The van der Waals surface area contributed by atoms with Gasteiger partial charge in [0.2, 0.25) is 11.7 Å². The van der Waals surface area contributed by atoms with Crippen LogP contribution in [0.15, 0.2) is 22.7 Å². The molecule has 1 N–H and O–H groups in total. The summed E-state index contributed by atoms with van der Waals surface area (Å²) in [5.74, 6) is -0.731. The normalized spacial score (nSPS) is 14.4. The molecule has 1 aromatic carbocycles. The van der Waals surface area contributed by atoms with Gasteiger partial charge in [0, 0.05) is 11.6 Å². The molecule has 1 aromatic heterocycles. The van der Waals surface area contributed by atoms with Crippen molar-refractivity contribution in [3.8, 4) is 11.4 Å². The number of hydrogen-bond acceptors (Lipinski definition) is 4. The lowest BCUT2D eigenvalue weighted by atomic mass is 9.89. The van der Waals surface area contributed by atoms with E-state index < -0.39 is 11.6 Å². The van der Waals surface area contributed by atoms with Crippen LogP contribution in [0.25, 0.3) is 11.4 Å². The van der Waals surface area contributed by atoms with Gasteiger partial charge in [-0.1, -0.05) is 19.0 Å². The SMILES string of the molecule is CNC(C)C(c1nc(-c2ccc(F)c(F)c2)no1)C(C)C. The second-order valence-corrected chi connectivity index (χ2v) is 5.43. The fraction of sp³-hybridized carbons (Fsp3) is 0.467. The topological polar surface area (TPSA) is 51.0 Å². The van der Waals surface area contributed by atoms with Crippen molar-refractivity contribution in [1.29, 1.82) is 0 Å². The Labute approximate surface area is 122 Å². The second kappa shape index (κ2) is 6.30. The largest absolute Gasteiger partial charge is 0.339 e. The molecule has 2 atom stereocenters. The number of halogens is 2. The number of likely N-dealkylation sites (N-methyl/N-ethyl adjacent to an activating group) is 1. The molecule has 0 saturated heterocycles. The maximum Gasteiger partial charge on any atom is 0.231 e. The predicted octanol–water partition coefficient (Wildman–Crippen LogP) is 3.36. The van der Waals surface area contributed by atoms with Gasteiger partial charge in [0.1, 0.15) is 0 Å². The van der Waals surface area contributed by atoms with E-state index in [4.69, 9.17) is 4.52 Å². The Morgan fingerprint density at radius 1 is 1.14 bits per heavy atom. The number of hydrogen-bond donors (Lipinski definition) is 1. The third kappa shape index (κ3) is 3.26. The molecule has 0 radical (unpaired) electrons. The van der Waals surface area contributed by atoms with Gasteiger partial charge in [-0.3, -0.25) is 0 Å². The van der Waals surface area contributed by atoms with Crippen molar-refractivity contribution in [2.75, 3.05) is 7.05 Å². The number of nitrogens with one attached hydrogen (secondary N) is 1. The summed E-state index contributed by atoms with van der Waals surface area (Å²) in [7, 11) is 1.87. The highest BCUT2D eigenvalue weighted by Gasteiger charge is 2.27. The van der Waals surface area contributed by atoms with Crippen molar-refractivity contribution < 1.29 is 13.3 Å². The molecule has 2 rings (SSSR count). The minimum absolute atomic E-state index is 0.0431. The molecular formula is C15H19F2N3O. The van der Waals surface area contributed by atoms with E-state index in [0.717, 1.165) is 12.1 Å². The van der Waals surface area contributed by atoms with Crippen LogP contribution in [-0.4, -0.2) is 23.2 Å². The number of aromatic nitrogens is 2. The van der Waals surface area contributed by atoms with Gasteiger partial charge in [0.15, 0.2) is 11.6 Å². The quantitative estimate of drug-likeness (QED) is 0.919. The molecule has 0 fully saturated rings. The van der Waals surface area contributed by atoms with Gasteiger partial charge >= 0.3 is 0 Å². The van der Waals surface area contributed by atoms with E-state index in [9.17, 15) is 8.78 Å². The van der Waals surface area contributed by atoms with E-state index in [1.807, 2.05) is 14.0 Å². The van der Waals surface area contributed by atoms with Crippen molar-refractivity contribution in [3.05, 3.63) is 35.7 Å². The Hall–Kier alpha value is -1.82. The molecule has 0 spiro atoms. The molecule has 6 heteroatoms. The molecule has 0 aliphatic carbocycles. The lowest BCUT2D eigenvalue weighted by Gasteiger charge is -2.23. The van der Waals surface area contributed by atoms with Crippen LogP contribution in [0.1, 0.15) is 32.6 Å². The summed E-state index contributed by atoms with van der Waals surface area (Å²) in [5, 5.41) is 7.05. The predicted molar refractivity (Wildman–Crippen MR) is 75.8 cm³/mol. The average molecular weight is 295 g/mol. The van der Waals surface area contributed by atoms with Gasteiger partial charge in [-0.15, -0.1) is 0 Å². The first kappa shape index (κ1) is 15.6. The minimum atomic E-state index is -0.928. The first-order chi connectivity index (χ1) is 9.93. The highest BCUT2D eigenvalue weighted by molar-refractivity contribution is 5.54. The van der Waals surface area contributed by atoms with Crippen LogP contribution < -0.4 is 5.32 Å². The molecular weight excluding hydrogens is 276 g/mol. The highest BCUT2D eigenvalue weighted by atomic mass is 19.2. The molecule has 2 aromatic rings. The van der Waals surface area contributed by atoms with E-state index in [-0.39, 0.29) is 17.8 Å². The molecule has 21 heavy (non-hydrogen) atoms. The van der Waals surface area contributed by atoms with Gasteiger partial charge in [-0.05, 0) is 38.1 Å². The standard InChI is InChI=1S/C15H19F2N3O/c1-8(2)13(9(3)18-4)15-19-14(20-21-15)10-5-6-11(16)12(17)7-10/h5-9,13,18H,1-4H3. The van der Waals surface area contributed by atoms with Crippen LogP contribution in [0, 0.1) is 17.6 Å². The van der Waals surface area contributed by atoms with E-state index in [2.05, 4.69) is 29.3 Å². The Kier molecular flexibility index (Phi) is 4.67. The molecule has 4 nitrogen and oxygen atoms in total. The summed E-state index contributed by atoms with van der Waals surface area (Å²) in [4.78, 5) is 4.33.